The molecule has 2 aliphatic heterocycles. The van der Waals surface area contributed by atoms with Crippen LogP contribution in [0.4, 0.5) is 5.69 Å². The third-order valence-corrected chi connectivity index (χ3v) is 6.48. The summed E-state index contributed by atoms with van der Waals surface area (Å²) < 4.78 is 0. The monoisotopic (exact) mass is 413 g/mol. The third-order valence-electron chi connectivity index (χ3n) is 6.48. The van der Waals surface area contributed by atoms with Gasteiger partial charge in [-0.25, -0.2) is 0 Å². The lowest BCUT2D eigenvalue weighted by molar-refractivity contribution is -0.132. The van der Waals surface area contributed by atoms with Crippen molar-refractivity contribution in [3.8, 4) is 0 Å². The maximum absolute atomic E-state index is 13.4. The predicted molar refractivity (Wildman–Crippen MR) is 123 cm³/mol. The van der Waals surface area contributed by atoms with Gasteiger partial charge in [-0.2, -0.15) is 0 Å². The Bertz CT molecular complexity index is 1130. The second-order valence-electron chi connectivity index (χ2n) is 8.74. The topological polar surface area (TPSA) is 43.9 Å². The minimum absolute atomic E-state index is 0.0159. The number of hydrogen-bond acceptors (Lipinski definition) is 3. The molecule has 2 aliphatic rings. The van der Waals surface area contributed by atoms with Crippen molar-refractivity contribution in [3.05, 3.63) is 77.4 Å². The largest absolute Gasteiger partial charge is 0.347 e. The van der Waals surface area contributed by atoms with Crippen molar-refractivity contribution in [2.75, 3.05) is 25.5 Å². The van der Waals surface area contributed by atoms with E-state index in [-0.39, 0.29) is 11.8 Å². The fourth-order valence-corrected chi connectivity index (χ4v) is 5.03. The van der Waals surface area contributed by atoms with Gasteiger partial charge in [-0.15, -0.1) is 0 Å². The minimum atomic E-state index is -0.448. The zero-order valence-corrected chi connectivity index (χ0v) is 18.0. The Morgan fingerprint density at radius 1 is 0.903 bits per heavy atom. The fourth-order valence-electron chi connectivity index (χ4n) is 5.03. The Morgan fingerprint density at radius 2 is 1.55 bits per heavy atom. The Balaban J connectivity index is 1.33. The molecule has 31 heavy (non-hydrogen) atoms. The molecule has 0 spiro atoms. The molecule has 0 aliphatic carbocycles. The van der Waals surface area contributed by atoms with Crippen molar-refractivity contribution in [1.82, 2.24) is 9.80 Å². The van der Waals surface area contributed by atoms with Gasteiger partial charge in [0.2, 0.25) is 11.8 Å². The van der Waals surface area contributed by atoms with E-state index in [1.165, 1.54) is 21.9 Å². The number of carbonyl (C=O) groups excluding carboxylic acids is 2. The Morgan fingerprint density at radius 3 is 2.23 bits per heavy atom. The Labute approximate surface area is 182 Å². The molecule has 5 rings (SSSR count). The number of anilines is 1. The molecule has 2 amide bonds. The van der Waals surface area contributed by atoms with E-state index in [4.69, 9.17) is 0 Å². The summed E-state index contributed by atoms with van der Waals surface area (Å²) in [5.74, 6) is -0.00894. The summed E-state index contributed by atoms with van der Waals surface area (Å²) in [6.07, 6.45) is 0.974. The molecule has 0 bridgehead atoms. The van der Waals surface area contributed by atoms with Crippen LogP contribution < -0.4 is 4.90 Å². The number of nitrogens with zero attached hydrogens (tertiary/aromatic N) is 3. The van der Waals surface area contributed by atoms with E-state index in [0.717, 1.165) is 24.3 Å². The van der Waals surface area contributed by atoms with E-state index >= 15 is 0 Å². The zero-order valence-electron chi connectivity index (χ0n) is 18.0. The Kier molecular flexibility index (Phi) is 4.98. The highest BCUT2D eigenvalue weighted by atomic mass is 16.2. The summed E-state index contributed by atoms with van der Waals surface area (Å²) in [5, 5.41) is 2.64. The summed E-state index contributed by atoms with van der Waals surface area (Å²) in [4.78, 5) is 31.8. The maximum atomic E-state index is 13.4. The number of amides is 2. The molecule has 5 heteroatoms. The first-order chi connectivity index (χ1) is 15.0. The molecule has 0 saturated carbocycles. The molecule has 158 valence electrons. The van der Waals surface area contributed by atoms with Gasteiger partial charge in [-0.1, -0.05) is 54.6 Å². The van der Waals surface area contributed by atoms with Crippen molar-refractivity contribution in [2.24, 2.45) is 0 Å². The SMILES string of the molecule is CN(C)C(=O)C1Cc2ccccc2N1C(=O)CCN1Cc2cccc3cccc(c23)C1. The summed E-state index contributed by atoms with van der Waals surface area (Å²) in [5.41, 5.74) is 4.58. The molecule has 3 aromatic rings. The van der Waals surface area contributed by atoms with Gasteiger partial charge in [0.25, 0.3) is 0 Å². The van der Waals surface area contributed by atoms with Gasteiger partial charge in [0, 0.05) is 52.3 Å². The van der Waals surface area contributed by atoms with E-state index in [9.17, 15) is 9.59 Å². The van der Waals surface area contributed by atoms with Crippen molar-refractivity contribution in [2.45, 2.75) is 32.0 Å². The number of likely N-dealkylation sites (N-methyl/N-ethyl adjacent to an activating group) is 1. The number of hydrogen-bond donors (Lipinski definition) is 0. The number of para-hydroxylation sites is 1. The van der Waals surface area contributed by atoms with Crippen LogP contribution in [0.3, 0.4) is 0 Å². The summed E-state index contributed by atoms with van der Waals surface area (Å²) >= 11 is 0. The van der Waals surface area contributed by atoms with Gasteiger partial charge in [0.05, 0.1) is 0 Å². The maximum Gasteiger partial charge on any atom is 0.245 e. The van der Waals surface area contributed by atoms with Gasteiger partial charge in [-0.05, 0) is 33.5 Å². The molecular weight excluding hydrogens is 386 g/mol. The summed E-state index contributed by atoms with van der Waals surface area (Å²) in [7, 11) is 3.50. The highest BCUT2D eigenvalue weighted by molar-refractivity contribution is 6.03. The predicted octanol–water partition coefficient (Wildman–Crippen LogP) is 3.59. The van der Waals surface area contributed by atoms with E-state index in [0.29, 0.717) is 19.4 Å². The van der Waals surface area contributed by atoms with Gasteiger partial charge in [-0.3, -0.25) is 19.4 Å². The van der Waals surface area contributed by atoms with Gasteiger partial charge in [0.1, 0.15) is 6.04 Å². The first kappa shape index (κ1) is 19.8. The van der Waals surface area contributed by atoms with Crippen LogP contribution in [-0.4, -0.2) is 48.3 Å². The smallest absolute Gasteiger partial charge is 0.245 e. The zero-order chi connectivity index (χ0) is 21.5. The third kappa shape index (κ3) is 3.49. The average Bonchev–Trinajstić information content (AvgIpc) is 3.17. The second-order valence-corrected chi connectivity index (χ2v) is 8.74. The first-order valence-electron chi connectivity index (χ1n) is 10.9. The van der Waals surface area contributed by atoms with E-state index in [1.807, 2.05) is 24.3 Å². The van der Waals surface area contributed by atoms with E-state index in [2.05, 4.69) is 41.3 Å². The number of fused-ring (bicyclic) bond motifs is 1. The lowest BCUT2D eigenvalue weighted by atomic mass is 9.95. The van der Waals surface area contributed by atoms with Crippen molar-refractivity contribution < 1.29 is 9.59 Å². The van der Waals surface area contributed by atoms with Crippen LogP contribution in [0.1, 0.15) is 23.1 Å². The Hall–Kier alpha value is -3.18. The van der Waals surface area contributed by atoms with Gasteiger partial charge in [0.15, 0.2) is 0 Å². The molecule has 0 saturated heterocycles. The first-order valence-corrected chi connectivity index (χ1v) is 10.9. The molecule has 1 unspecified atom stereocenters. The second kappa shape index (κ2) is 7.82. The van der Waals surface area contributed by atoms with E-state index in [1.54, 1.807) is 23.9 Å². The highest BCUT2D eigenvalue weighted by Crippen LogP contribution is 2.34. The molecule has 2 heterocycles. The minimum Gasteiger partial charge on any atom is -0.347 e. The van der Waals surface area contributed by atoms with Crippen molar-refractivity contribution >= 4 is 28.3 Å². The average molecular weight is 414 g/mol. The standard InChI is InChI=1S/C26H27N3O2/c1-27(2)26(31)23-15-19-7-3-4-12-22(19)29(23)24(30)13-14-28-16-20-10-5-8-18-9-6-11-21(17-28)25(18)20/h3-12,23H,13-17H2,1-2H3. The number of benzene rings is 3. The van der Waals surface area contributed by atoms with Crippen LogP contribution in [0.15, 0.2) is 60.7 Å². The van der Waals surface area contributed by atoms with E-state index < -0.39 is 6.04 Å². The van der Waals surface area contributed by atoms with Crippen LogP contribution in [-0.2, 0) is 29.1 Å². The molecular formula is C26H27N3O2. The molecule has 3 aromatic carbocycles. The van der Waals surface area contributed by atoms with Gasteiger partial charge >= 0.3 is 0 Å². The van der Waals surface area contributed by atoms with Crippen LogP contribution in [0.2, 0.25) is 0 Å². The quantitative estimate of drug-likeness (QED) is 0.657. The van der Waals surface area contributed by atoms with Crippen LogP contribution >= 0.6 is 0 Å². The molecule has 0 fully saturated rings. The molecule has 0 radical (unpaired) electrons. The molecule has 0 aromatic heterocycles. The lowest BCUT2D eigenvalue weighted by Crippen LogP contribution is -2.48. The highest BCUT2D eigenvalue weighted by Gasteiger charge is 2.38. The van der Waals surface area contributed by atoms with Crippen LogP contribution in [0, 0.1) is 0 Å². The van der Waals surface area contributed by atoms with Crippen LogP contribution in [0.25, 0.3) is 10.8 Å². The molecule has 5 nitrogen and oxygen atoms in total. The number of rotatable bonds is 4. The van der Waals surface area contributed by atoms with Crippen molar-refractivity contribution in [1.29, 1.82) is 0 Å². The molecule has 1 atom stereocenters. The van der Waals surface area contributed by atoms with Crippen molar-refractivity contribution in [3.63, 3.8) is 0 Å². The number of carbonyl (C=O) groups is 2. The summed E-state index contributed by atoms with van der Waals surface area (Å²) in [6, 6.07) is 20.3. The normalized spacial score (nSPS) is 17.6. The lowest BCUT2D eigenvalue weighted by Gasteiger charge is -2.31. The van der Waals surface area contributed by atoms with Gasteiger partial charge < -0.3 is 4.90 Å². The fraction of sp³-hybridized carbons (Fsp3) is 0.308. The molecule has 0 N–H and O–H groups in total. The van der Waals surface area contributed by atoms with Crippen LogP contribution in [0.5, 0.6) is 0 Å². The summed E-state index contributed by atoms with van der Waals surface area (Å²) in [6.45, 7) is 2.36.